The molecule has 2 heterocycles. The molecule has 0 radical (unpaired) electrons. The SMILES string of the molecule is [C-]#[N+]c1ccc(CN(c2ccccn2)c2ccccn2)cc1. The first-order valence-electron chi connectivity index (χ1n) is 6.93. The molecule has 4 nitrogen and oxygen atoms in total. The van der Waals surface area contributed by atoms with E-state index >= 15 is 0 Å². The second-order valence-corrected chi connectivity index (χ2v) is 4.74. The van der Waals surface area contributed by atoms with Gasteiger partial charge in [0, 0.05) is 12.4 Å². The Morgan fingerprint density at radius 2 is 1.41 bits per heavy atom. The Bertz CT molecular complexity index is 722. The fraction of sp³-hybridized carbons (Fsp3) is 0.0556. The van der Waals surface area contributed by atoms with E-state index in [0.29, 0.717) is 12.2 Å². The van der Waals surface area contributed by atoms with Crippen LogP contribution in [0.4, 0.5) is 17.3 Å². The predicted molar refractivity (Wildman–Crippen MR) is 87.0 cm³/mol. The standard InChI is InChI=1S/C18H14N4/c1-19-16-10-8-15(9-11-16)14-22(17-6-2-4-12-20-17)18-7-3-5-13-21-18/h2-13H,14H2. The highest BCUT2D eigenvalue weighted by molar-refractivity contribution is 5.56. The Labute approximate surface area is 129 Å². The van der Waals surface area contributed by atoms with Crippen LogP contribution >= 0.6 is 0 Å². The summed E-state index contributed by atoms with van der Waals surface area (Å²) in [5.41, 5.74) is 1.75. The topological polar surface area (TPSA) is 33.4 Å². The van der Waals surface area contributed by atoms with E-state index in [1.54, 1.807) is 12.4 Å². The highest BCUT2D eigenvalue weighted by atomic mass is 15.2. The van der Waals surface area contributed by atoms with Crippen LogP contribution < -0.4 is 4.90 Å². The molecule has 2 aromatic heterocycles. The molecule has 0 atom stereocenters. The number of aromatic nitrogens is 2. The van der Waals surface area contributed by atoms with Crippen molar-refractivity contribution >= 4 is 17.3 Å². The highest BCUT2D eigenvalue weighted by Gasteiger charge is 2.11. The Kier molecular flexibility index (Phi) is 4.08. The zero-order valence-corrected chi connectivity index (χ0v) is 11.9. The van der Waals surface area contributed by atoms with E-state index in [4.69, 9.17) is 6.57 Å². The van der Waals surface area contributed by atoms with Gasteiger partial charge >= 0.3 is 0 Å². The van der Waals surface area contributed by atoms with Crippen molar-refractivity contribution in [3.63, 3.8) is 0 Å². The molecule has 0 aliphatic heterocycles. The molecular formula is C18H14N4. The third kappa shape index (κ3) is 3.10. The summed E-state index contributed by atoms with van der Waals surface area (Å²) < 4.78 is 0. The first kappa shape index (κ1) is 13.8. The molecule has 0 N–H and O–H groups in total. The monoisotopic (exact) mass is 286 g/mol. The van der Waals surface area contributed by atoms with Crippen molar-refractivity contribution in [2.24, 2.45) is 0 Å². The van der Waals surface area contributed by atoms with Crippen molar-refractivity contribution in [1.82, 2.24) is 9.97 Å². The molecule has 0 saturated carbocycles. The summed E-state index contributed by atoms with van der Waals surface area (Å²) >= 11 is 0. The van der Waals surface area contributed by atoms with Crippen molar-refractivity contribution in [3.05, 3.63) is 90.0 Å². The number of hydrogen-bond acceptors (Lipinski definition) is 3. The number of anilines is 2. The summed E-state index contributed by atoms with van der Waals surface area (Å²) in [6.07, 6.45) is 3.54. The van der Waals surface area contributed by atoms with E-state index in [0.717, 1.165) is 17.2 Å². The third-order valence-corrected chi connectivity index (χ3v) is 3.26. The van der Waals surface area contributed by atoms with Crippen LogP contribution in [-0.4, -0.2) is 9.97 Å². The lowest BCUT2D eigenvalue weighted by Gasteiger charge is -2.22. The lowest BCUT2D eigenvalue weighted by atomic mass is 10.2. The minimum Gasteiger partial charge on any atom is -0.307 e. The maximum atomic E-state index is 7.02. The largest absolute Gasteiger partial charge is 0.307 e. The minimum atomic E-state index is 0.644. The molecule has 0 amide bonds. The van der Waals surface area contributed by atoms with E-state index in [2.05, 4.69) is 14.8 Å². The van der Waals surface area contributed by atoms with Crippen LogP contribution in [0, 0.1) is 6.57 Å². The van der Waals surface area contributed by atoms with Gasteiger partial charge in [-0.3, -0.25) is 0 Å². The van der Waals surface area contributed by atoms with Gasteiger partial charge in [0.15, 0.2) is 5.69 Å². The number of benzene rings is 1. The third-order valence-electron chi connectivity index (χ3n) is 3.26. The second-order valence-electron chi connectivity index (χ2n) is 4.74. The smallest absolute Gasteiger partial charge is 0.187 e. The van der Waals surface area contributed by atoms with Crippen molar-refractivity contribution in [2.45, 2.75) is 6.54 Å². The van der Waals surface area contributed by atoms with Gasteiger partial charge in [0.2, 0.25) is 0 Å². The molecular weight excluding hydrogens is 272 g/mol. The molecule has 106 valence electrons. The van der Waals surface area contributed by atoms with Crippen LogP contribution in [0.15, 0.2) is 73.1 Å². The van der Waals surface area contributed by atoms with Gasteiger partial charge < -0.3 is 4.90 Å². The van der Waals surface area contributed by atoms with Gasteiger partial charge in [0.25, 0.3) is 0 Å². The van der Waals surface area contributed by atoms with Crippen LogP contribution in [0.25, 0.3) is 4.85 Å². The average Bonchev–Trinajstić information content (AvgIpc) is 2.62. The lowest BCUT2D eigenvalue weighted by molar-refractivity contribution is 0.923. The zero-order valence-electron chi connectivity index (χ0n) is 11.9. The van der Waals surface area contributed by atoms with Crippen LogP contribution in [0.3, 0.4) is 0 Å². The Morgan fingerprint density at radius 1 is 0.818 bits per heavy atom. The van der Waals surface area contributed by atoms with E-state index in [-0.39, 0.29) is 0 Å². The maximum Gasteiger partial charge on any atom is 0.187 e. The van der Waals surface area contributed by atoms with Gasteiger partial charge in [0.05, 0.1) is 13.1 Å². The van der Waals surface area contributed by atoms with E-state index in [9.17, 15) is 0 Å². The van der Waals surface area contributed by atoms with E-state index in [1.807, 2.05) is 65.6 Å². The van der Waals surface area contributed by atoms with E-state index in [1.165, 1.54) is 0 Å². The summed E-state index contributed by atoms with van der Waals surface area (Å²) in [5.74, 6) is 1.69. The highest BCUT2D eigenvalue weighted by Crippen LogP contribution is 2.24. The Balaban J connectivity index is 1.94. The van der Waals surface area contributed by atoms with Gasteiger partial charge in [0.1, 0.15) is 11.6 Å². The van der Waals surface area contributed by atoms with Gasteiger partial charge in [-0.15, -0.1) is 0 Å². The Hall–Kier alpha value is -3.19. The quantitative estimate of drug-likeness (QED) is 0.668. The molecule has 3 aromatic rings. The summed E-state index contributed by atoms with van der Waals surface area (Å²) in [4.78, 5) is 14.3. The molecule has 0 bridgehead atoms. The molecule has 3 rings (SSSR count). The van der Waals surface area contributed by atoms with Gasteiger partial charge in [-0.05, 0) is 29.8 Å². The number of rotatable bonds is 4. The van der Waals surface area contributed by atoms with Crippen LogP contribution in [0.5, 0.6) is 0 Å². The summed E-state index contributed by atoms with van der Waals surface area (Å²) in [6, 6.07) is 19.2. The second kappa shape index (κ2) is 6.51. The van der Waals surface area contributed by atoms with Crippen molar-refractivity contribution in [1.29, 1.82) is 0 Å². The van der Waals surface area contributed by atoms with Gasteiger partial charge in [-0.1, -0.05) is 36.4 Å². The van der Waals surface area contributed by atoms with Crippen molar-refractivity contribution in [2.75, 3.05) is 4.90 Å². The van der Waals surface area contributed by atoms with Gasteiger partial charge in [-0.25, -0.2) is 14.8 Å². The summed E-state index contributed by atoms with van der Waals surface area (Å²) in [5, 5.41) is 0. The molecule has 0 saturated heterocycles. The molecule has 22 heavy (non-hydrogen) atoms. The minimum absolute atomic E-state index is 0.644. The van der Waals surface area contributed by atoms with Crippen LogP contribution in [0.2, 0.25) is 0 Å². The molecule has 0 fully saturated rings. The number of pyridine rings is 2. The van der Waals surface area contributed by atoms with Crippen LogP contribution in [0.1, 0.15) is 5.56 Å². The van der Waals surface area contributed by atoms with Gasteiger partial charge in [-0.2, -0.15) is 0 Å². The molecule has 0 aliphatic carbocycles. The number of nitrogens with zero attached hydrogens (tertiary/aromatic N) is 4. The first-order valence-corrected chi connectivity index (χ1v) is 6.93. The predicted octanol–water partition coefficient (Wildman–Crippen LogP) is 4.37. The lowest BCUT2D eigenvalue weighted by Crippen LogP contribution is -2.18. The Morgan fingerprint density at radius 3 is 1.86 bits per heavy atom. The number of hydrogen-bond donors (Lipinski definition) is 0. The average molecular weight is 286 g/mol. The van der Waals surface area contributed by atoms with E-state index < -0.39 is 0 Å². The fourth-order valence-corrected chi connectivity index (χ4v) is 2.16. The zero-order chi connectivity index (χ0) is 15.2. The maximum absolute atomic E-state index is 7.02. The van der Waals surface area contributed by atoms with Crippen molar-refractivity contribution < 1.29 is 0 Å². The molecule has 1 aromatic carbocycles. The molecule has 4 heteroatoms. The summed E-state index contributed by atoms with van der Waals surface area (Å²) in [7, 11) is 0. The first-order chi connectivity index (χ1) is 10.9. The van der Waals surface area contributed by atoms with Crippen LogP contribution in [-0.2, 0) is 6.54 Å². The fourth-order valence-electron chi connectivity index (χ4n) is 2.16. The molecule has 0 spiro atoms. The van der Waals surface area contributed by atoms with Crippen molar-refractivity contribution in [3.8, 4) is 0 Å². The normalized spacial score (nSPS) is 9.95. The molecule has 0 aliphatic rings. The molecule has 0 unspecified atom stereocenters. The summed E-state index contributed by atoms with van der Waals surface area (Å²) in [6.45, 7) is 7.66.